The minimum atomic E-state index is 0.591. The normalized spacial score (nSPS) is 11.8. The van der Waals surface area contributed by atoms with Crippen LogP contribution in [0.2, 0.25) is 0 Å². The Morgan fingerprint density at radius 3 is 1.65 bits per heavy atom. The fourth-order valence-electron chi connectivity index (χ4n) is 7.23. The summed E-state index contributed by atoms with van der Waals surface area (Å²) >= 11 is 0. The van der Waals surface area contributed by atoms with Crippen LogP contribution in [-0.2, 0) is 0 Å². The predicted octanol–water partition coefficient (Wildman–Crippen LogP) is 11.3. The summed E-state index contributed by atoms with van der Waals surface area (Å²) in [5.74, 6) is 2.64. The molecule has 0 bridgehead atoms. The van der Waals surface area contributed by atoms with E-state index in [1.165, 1.54) is 0 Å². The van der Waals surface area contributed by atoms with E-state index in [9.17, 15) is 0 Å². The van der Waals surface area contributed by atoms with Gasteiger partial charge in [-0.3, -0.25) is 9.47 Å². The molecular weight excluding hydrogens is 637 g/mol. The lowest BCUT2D eigenvalue weighted by Gasteiger charge is -2.25. The minimum absolute atomic E-state index is 0.591. The van der Waals surface area contributed by atoms with E-state index in [-0.39, 0.29) is 0 Å². The average Bonchev–Trinajstić information content (AvgIpc) is 3.55. The lowest BCUT2D eigenvalue weighted by Crippen LogP contribution is -2.14. The monoisotopic (exact) mass is 666 g/mol. The molecule has 3 heterocycles. The van der Waals surface area contributed by atoms with Crippen LogP contribution in [0.3, 0.4) is 0 Å². The first-order valence-corrected chi connectivity index (χ1v) is 17.3. The second-order valence-electron chi connectivity index (χ2n) is 12.7. The molecule has 52 heavy (non-hydrogen) atoms. The van der Waals surface area contributed by atoms with E-state index in [2.05, 4.69) is 143 Å². The summed E-state index contributed by atoms with van der Waals surface area (Å²) in [5, 5.41) is 0. The van der Waals surface area contributed by atoms with Gasteiger partial charge in [0.1, 0.15) is 0 Å². The van der Waals surface area contributed by atoms with Crippen LogP contribution in [0.5, 0.6) is 0 Å². The highest BCUT2D eigenvalue weighted by atomic mass is 15.3. The van der Waals surface area contributed by atoms with E-state index in [4.69, 9.17) is 19.9 Å². The molecule has 9 aromatic rings. The van der Waals surface area contributed by atoms with Gasteiger partial charge in [-0.2, -0.15) is 0 Å². The molecule has 0 saturated carbocycles. The molecule has 0 radical (unpaired) electrons. The summed E-state index contributed by atoms with van der Waals surface area (Å²) in [6.07, 6.45) is 0. The van der Waals surface area contributed by atoms with E-state index in [1.807, 2.05) is 48.5 Å². The number of imidazole rings is 1. The molecule has 6 heteroatoms. The molecule has 0 aliphatic carbocycles. The average molecular weight is 667 g/mol. The smallest absolute Gasteiger partial charge is 0.220 e. The summed E-state index contributed by atoms with van der Waals surface area (Å²) in [6.45, 7) is 0. The number of rotatable bonds is 5. The Bertz CT molecular complexity index is 2750. The highest BCUT2D eigenvalue weighted by molar-refractivity contribution is 5.96. The van der Waals surface area contributed by atoms with Crippen molar-refractivity contribution in [3.63, 3.8) is 0 Å². The maximum atomic E-state index is 5.26. The molecule has 0 unspecified atom stereocenters. The fraction of sp³-hybridized carbons (Fsp3) is 0. The Hall–Kier alpha value is -7.18. The summed E-state index contributed by atoms with van der Waals surface area (Å²) in [6, 6.07) is 62.6. The lowest BCUT2D eigenvalue weighted by atomic mass is 9.99. The molecule has 0 fully saturated rings. The summed E-state index contributed by atoms with van der Waals surface area (Å²) in [4.78, 5) is 22.9. The Morgan fingerprint density at radius 1 is 0.346 bits per heavy atom. The number of nitrogens with zero attached hydrogens (tertiary/aromatic N) is 6. The molecule has 0 atom stereocenters. The van der Waals surface area contributed by atoms with Crippen molar-refractivity contribution in [3.05, 3.63) is 182 Å². The predicted molar refractivity (Wildman–Crippen MR) is 210 cm³/mol. The van der Waals surface area contributed by atoms with Crippen molar-refractivity contribution in [2.45, 2.75) is 0 Å². The van der Waals surface area contributed by atoms with Crippen molar-refractivity contribution in [2.24, 2.45) is 0 Å². The van der Waals surface area contributed by atoms with Crippen LogP contribution in [0.4, 0.5) is 17.3 Å². The first kappa shape index (κ1) is 29.7. The van der Waals surface area contributed by atoms with E-state index in [0.29, 0.717) is 17.5 Å². The van der Waals surface area contributed by atoms with E-state index >= 15 is 0 Å². The second-order valence-corrected chi connectivity index (χ2v) is 12.7. The fourth-order valence-corrected chi connectivity index (χ4v) is 7.23. The molecule has 10 rings (SSSR count). The number of benzene rings is 7. The van der Waals surface area contributed by atoms with Crippen molar-refractivity contribution in [1.29, 1.82) is 0 Å². The molecule has 0 spiro atoms. The molecule has 7 aromatic carbocycles. The zero-order chi connectivity index (χ0) is 34.4. The van der Waals surface area contributed by atoms with Gasteiger partial charge < -0.3 is 0 Å². The SMILES string of the molecule is c1ccc(-c2nc(-c3cccc(N4c5ccccc5-c5ccccc5-n5c4nc4ccccc45)c3)nc(-c3ccccc3-c3ccccc3)n2)cc1. The van der Waals surface area contributed by atoms with Crippen molar-refractivity contribution in [2.75, 3.05) is 4.90 Å². The third kappa shape index (κ3) is 4.96. The van der Waals surface area contributed by atoms with Crippen molar-refractivity contribution in [3.8, 4) is 62.1 Å². The highest BCUT2D eigenvalue weighted by Crippen LogP contribution is 2.47. The molecule has 2 aromatic heterocycles. The van der Waals surface area contributed by atoms with Crippen molar-refractivity contribution >= 4 is 28.4 Å². The zero-order valence-electron chi connectivity index (χ0n) is 28.0. The van der Waals surface area contributed by atoms with Gasteiger partial charge in [-0.1, -0.05) is 146 Å². The molecule has 0 N–H and O–H groups in total. The molecule has 1 aliphatic heterocycles. The second kappa shape index (κ2) is 12.3. The van der Waals surface area contributed by atoms with Gasteiger partial charge in [0.2, 0.25) is 5.95 Å². The van der Waals surface area contributed by atoms with Crippen LogP contribution in [0.15, 0.2) is 182 Å². The van der Waals surface area contributed by atoms with Gasteiger partial charge in [-0.15, -0.1) is 0 Å². The van der Waals surface area contributed by atoms with Crippen molar-refractivity contribution in [1.82, 2.24) is 24.5 Å². The third-order valence-corrected chi connectivity index (χ3v) is 9.61. The van der Waals surface area contributed by atoms with E-state index in [1.54, 1.807) is 0 Å². The molecule has 0 saturated heterocycles. The van der Waals surface area contributed by atoms with Gasteiger partial charge in [0.05, 0.1) is 22.4 Å². The highest BCUT2D eigenvalue weighted by Gasteiger charge is 2.29. The topological polar surface area (TPSA) is 59.7 Å². The Balaban J connectivity index is 1.19. The number of hydrogen-bond acceptors (Lipinski definition) is 5. The van der Waals surface area contributed by atoms with Crippen LogP contribution in [0, 0.1) is 0 Å². The zero-order valence-corrected chi connectivity index (χ0v) is 28.0. The van der Waals surface area contributed by atoms with Gasteiger partial charge in [0.25, 0.3) is 0 Å². The summed E-state index contributed by atoms with van der Waals surface area (Å²) in [7, 11) is 0. The Morgan fingerprint density at radius 2 is 0.885 bits per heavy atom. The first-order valence-electron chi connectivity index (χ1n) is 17.3. The molecule has 244 valence electrons. The lowest BCUT2D eigenvalue weighted by molar-refractivity contribution is 1.05. The number of fused-ring (bicyclic) bond motifs is 7. The number of aromatic nitrogens is 5. The summed E-state index contributed by atoms with van der Waals surface area (Å²) < 4.78 is 2.27. The van der Waals surface area contributed by atoms with Gasteiger partial charge in [0.15, 0.2) is 17.5 Å². The Kier molecular flexibility index (Phi) is 7.03. The quantitative estimate of drug-likeness (QED) is 0.183. The molecular formula is C46H30N6. The van der Waals surface area contributed by atoms with Gasteiger partial charge in [0, 0.05) is 33.5 Å². The minimum Gasteiger partial charge on any atom is -0.280 e. The van der Waals surface area contributed by atoms with E-state index < -0.39 is 0 Å². The maximum Gasteiger partial charge on any atom is 0.220 e. The van der Waals surface area contributed by atoms with Crippen LogP contribution < -0.4 is 4.90 Å². The first-order chi connectivity index (χ1) is 25.8. The van der Waals surface area contributed by atoms with Crippen LogP contribution in [0.1, 0.15) is 0 Å². The van der Waals surface area contributed by atoms with Gasteiger partial charge >= 0.3 is 0 Å². The standard InChI is InChI=1S/C46H30N6/c1-3-16-31(17-4-1)35-22-7-8-25-38(35)45-49-43(32-18-5-2-6-19-32)48-44(50-45)33-20-15-21-34(30-33)51-40-27-12-9-23-36(40)37-24-10-13-28-41(37)52-42-29-14-11-26-39(42)47-46(51)52/h1-30H. The number of para-hydroxylation sites is 4. The Labute approximate surface area is 301 Å². The maximum absolute atomic E-state index is 5.26. The number of anilines is 3. The van der Waals surface area contributed by atoms with Crippen LogP contribution in [0.25, 0.3) is 73.1 Å². The molecule has 0 amide bonds. The van der Waals surface area contributed by atoms with Crippen molar-refractivity contribution < 1.29 is 0 Å². The summed E-state index contributed by atoms with van der Waals surface area (Å²) in [5.41, 5.74) is 12.2. The largest absolute Gasteiger partial charge is 0.280 e. The number of hydrogen-bond donors (Lipinski definition) is 0. The molecule has 6 nitrogen and oxygen atoms in total. The van der Waals surface area contributed by atoms with Crippen LogP contribution in [-0.4, -0.2) is 24.5 Å². The van der Waals surface area contributed by atoms with Gasteiger partial charge in [-0.25, -0.2) is 19.9 Å². The van der Waals surface area contributed by atoms with Crippen LogP contribution >= 0.6 is 0 Å². The molecule has 1 aliphatic rings. The van der Waals surface area contributed by atoms with E-state index in [0.717, 1.165) is 73.0 Å². The third-order valence-electron chi connectivity index (χ3n) is 9.61. The van der Waals surface area contributed by atoms with Gasteiger partial charge in [-0.05, 0) is 47.5 Å².